The largest absolute Gasteiger partial charge is 0.480 e. The number of nitrogens with zero attached hydrogens (tertiary/aromatic N) is 2. The highest BCUT2D eigenvalue weighted by molar-refractivity contribution is 6.05. The Kier molecular flexibility index (Phi) is 2.70. The molecule has 0 saturated carbocycles. The molecule has 0 radical (unpaired) electrons. The molecule has 1 fully saturated rings. The number of nitrogens with one attached hydrogen (secondary N) is 1. The van der Waals surface area contributed by atoms with Crippen LogP contribution in [0.4, 0.5) is 0 Å². The molecule has 19 heavy (non-hydrogen) atoms. The SMILES string of the molecule is O=C(O)C1CCCN1C(=O)c1n[nH]c2ccccc12. The van der Waals surface area contributed by atoms with Crippen molar-refractivity contribution in [3.8, 4) is 0 Å². The van der Waals surface area contributed by atoms with Crippen molar-refractivity contribution in [1.82, 2.24) is 15.1 Å². The summed E-state index contributed by atoms with van der Waals surface area (Å²) < 4.78 is 0. The van der Waals surface area contributed by atoms with Crippen LogP contribution in [-0.4, -0.2) is 44.7 Å². The van der Waals surface area contributed by atoms with Gasteiger partial charge in [-0.1, -0.05) is 18.2 Å². The zero-order valence-electron chi connectivity index (χ0n) is 10.2. The van der Waals surface area contributed by atoms with Crippen molar-refractivity contribution in [2.45, 2.75) is 18.9 Å². The van der Waals surface area contributed by atoms with Crippen LogP contribution >= 0.6 is 0 Å². The summed E-state index contributed by atoms with van der Waals surface area (Å²) >= 11 is 0. The molecule has 1 aromatic carbocycles. The predicted octanol–water partition coefficient (Wildman–Crippen LogP) is 1.25. The van der Waals surface area contributed by atoms with Gasteiger partial charge in [-0.05, 0) is 18.9 Å². The zero-order chi connectivity index (χ0) is 13.4. The first-order chi connectivity index (χ1) is 9.18. The van der Waals surface area contributed by atoms with Crippen LogP contribution in [0.5, 0.6) is 0 Å². The van der Waals surface area contributed by atoms with Crippen LogP contribution in [0.3, 0.4) is 0 Å². The van der Waals surface area contributed by atoms with E-state index in [4.69, 9.17) is 5.11 Å². The number of amides is 1. The van der Waals surface area contributed by atoms with Crippen molar-refractivity contribution in [2.24, 2.45) is 0 Å². The molecule has 3 rings (SSSR count). The highest BCUT2D eigenvalue weighted by atomic mass is 16.4. The second kappa shape index (κ2) is 4.38. The number of aliphatic carboxylic acids is 1. The Labute approximate surface area is 109 Å². The molecule has 1 aromatic heterocycles. The fourth-order valence-electron chi connectivity index (χ4n) is 2.53. The van der Waals surface area contributed by atoms with E-state index in [1.807, 2.05) is 18.2 Å². The zero-order valence-corrected chi connectivity index (χ0v) is 10.2. The minimum absolute atomic E-state index is 0.295. The highest BCUT2D eigenvalue weighted by Crippen LogP contribution is 2.23. The fourth-order valence-corrected chi connectivity index (χ4v) is 2.53. The number of aromatic amines is 1. The van der Waals surface area contributed by atoms with Gasteiger partial charge in [0.05, 0.1) is 5.52 Å². The van der Waals surface area contributed by atoms with E-state index in [9.17, 15) is 9.59 Å². The molecule has 1 saturated heterocycles. The molecule has 1 aliphatic rings. The monoisotopic (exact) mass is 259 g/mol. The third kappa shape index (κ3) is 1.85. The third-order valence-corrected chi connectivity index (χ3v) is 3.47. The lowest BCUT2D eigenvalue weighted by molar-refractivity contribution is -0.141. The van der Waals surface area contributed by atoms with Crippen molar-refractivity contribution in [3.05, 3.63) is 30.0 Å². The summed E-state index contributed by atoms with van der Waals surface area (Å²) in [6.07, 6.45) is 1.22. The molecule has 2 N–H and O–H groups in total. The van der Waals surface area contributed by atoms with Gasteiger partial charge >= 0.3 is 5.97 Å². The smallest absolute Gasteiger partial charge is 0.326 e. The summed E-state index contributed by atoms with van der Waals surface area (Å²) in [7, 11) is 0. The molecule has 1 amide bonds. The molecule has 1 atom stereocenters. The van der Waals surface area contributed by atoms with Crippen LogP contribution in [0.1, 0.15) is 23.3 Å². The predicted molar refractivity (Wildman–Crippen MR) is 67.8 cm³/mol. The average Bonchev–Trinajstić information content (AvgIpc) is 3.05. The molecule has 6 nitrogen and oxygen atoms in total. The van der Waals surface area contributed by atoms with Crippen molar-refractivity contribution in [3.63, 3.8) is 0 Å². The Morgan fingerprint density at radius 3 is 2.95 bits per heavy atom. The van der Waals surface area contributed by atoms with Crippen LogP contribution < -0.4 is 0 Å². The Bertz CT molecular complexity index is 649. The lowest BCUT2D eigenvalue weighted by Crippen LogP contribution is -2.40. The normalized spacial score (nSPS) is 18.9. The number of carboxylic acids is 1. The number of para-hydroxylation sites is 1. The number of likely N-dealkylation sites (tertiary alicyclic amines) is 1. The van der Waals surface area contributed by atoms with E-state index >= 15 is 0 Å². The van der Waals surface area contributed by atoms with E-state index < -0.39 is 12.0 Å². The second-order valence-corrected chi connectivity index (χ2v) is 4.61. The van der Waals surface area contributed by atoms with Gasteiger partial charge in [0.25, 0.3) is 5.91 Å². The molecule has 1 unspecified atom stereocenters. The fraction of sp³-hybridized carbons (Fsp3) is 0.308. The van der Waals surface area contributed by atoms with Gasteiger partial charge in [-0.3, -0.25) is 9.89 Å². The number of hydrogen-bond acceptors (Lipinski definition) is 3. The average molecular weight is 259 g/mol. The third-order valence-electron chi connectivity index (χ3n) is 3.47. The Hall–Kier alpha value is -2.37. The summed E-state index contributed by atoms with van der Waals surface area (Å²) in [4.78, 5) is 24.9. The number of H-pyrrole nitrogens is 1. The Balaban J connectivity index is 1.98. The molecule has 2 heterocycles. The molecule has 0 bridgehead atoms. The van der Waals surface area contributed by atoms with Gasteiger partial charge in [0.15, 0.2) is 5.69 Å². The van der Waals surface area contributed by atoms with Crippen LogP contribution in [0.25, 0.3) is 10.9 Å². The van der Waals surface area contributed by atoms with Crippen LogP contribution in [0.2, 0.25) is 0 Å². The Morgan fingerprint density at radius 1 is 1.37 bits per heavy atom. The van der Waals surface area contributed by atoms with E-state index in [2.05, 4.69) is 10.2 Å². The van der Waals surface area contributed by atoms with E-state index in [1.165, 1.54) is 4.90 Å². The van der Waals surface area contributed by atoms with Crippen molar-refractivity contribution in [2.75, 3.05) is 6.54 Å². The first-order valence-electron chi connectivity index (χ1n) is 6.15. The number of rotatable bonds is 2. The number of aromatic nitrogens is 2. The van der Waals surface area contributed by atoms with Gasteiger partial charge in [-0.25, -0.2) is 4.79 Å². The van der Waals surface area contributed by atoms with Gasteiger partial charge in [-0.15, -0.1) is 0 Å². The maximum absolute atomic E-state index is 12.4. The molecule has 0 spiro atoms. The summed E-state index contributed by atoms with van der Waals surface area (Å²) in [6.45, 7) is 0.469. The number of carboxylic acid groups (broad SMARTS) is 1. The second-order valence-electron chi connectivity index (χ2n) is 4.61. The van der Waals surface area contributed by atoms with Gasteiger partial charge in [0.1, 0.15) is 6.04 Å². The number of carbonyl (C=O) groups excluding carboxylic acids is 1. The van der Waals surface area contributed by atoms with E-state index in [-0.39, 0.29) is 5.91 Å². The molecule has 6 heteroatoms. The Morgan fingerprint density at radius 2 is 2.16 bits per heavy atom. The minimum Gasteiger partial charge on any atom is -0.480 e. The van der Waals surface area contributed by atoms with Crippen LogP contribution in [-0.2, 0) is 4.79 Å². The highest BCUT2D eigenvalue weighted by Gasteiger charge is 2.35. The van der Waals surface area contributed by atoms with E-state index in [0.29, 0.717) is 25.1 Å². The van der Waals surface area contributed by atoms with Crippen molar-refractivity contribution < 1.29 is 14.7 Å². The lowest BCUT2D eigenvalue weighted by Gasteiger charge is -2.20. The molecule has 98 valence electrons. The van der Waals surface area contributed by atoms with Crippen molar-refractivity contribution in [1.29, 1.82) is 0 Å². The molecule has 0 aliphatic carbocycles. The summed E-state index contributed by atoms with van der Waals surface area (Å²) in [5.74, 6) is -1.27. The quantitative estimate of drug-likeness (QED) is 0.849. The summed E-state index contributed by atoms with van der Waals surface area (Å²) in [5, 5.41) is 16.7. The number of benzene rings is 1. The number of hydrogen-bond donors (Lipinski definition) is 2. The van der Waals surface area contributed by atoms with Gasteiger partial charge in [0.2, 0.25) is 0 Å². The molecular formula is C13H13N3O3. The maximum Gasteiger partial charge on any atom is 0.326 e. The van der Waals surface area contributed by atoms with Gasteiger partial charge in [0, 0.05) is 11.9 Å². The minimum atomic E-state index is -0.953. The van der Waals surface area contributed by atoms with Crippen LogP contribution in [0.15, 0.2) is 24.3 Å². The van der Waals surface area contributed by atoms with Gasteiger partial charge < -0.3 is 10.0 Å². The molecule has 1 aliphatic heterocycles. The van der Waals surface area contributed by atoms with Gasteiger partial charge in [-0.2, -0.15) is 5.10 Å². The first-order valence-corrected chi connectivity index (χ1v) is 6.15. The van der Waals surface area contributed by atoms with Crippen LogP contribution in [0, 0.1) is 0 Å². The summed E-state index contributed by atoms with van der Waals surface area (Å²) in [5.41, 5.74) is 1.07. The number of fused-ring (bicyclic) bond motifs is 1. The van der Waals surface area contributed by atoms with E-state index in [0.717, 1.165) is 10.9 Å². The van der Waals surface area contributed by atoms with E-state index in [1.54, 1.807) is 6.07 Å². The topological polar surface area (TPSA) is 86.3 Å². The van der Waals surface area contributed by atoms with Crippen molar-refractivity contribution >= 4 is 22.8 Å². The lowest BCUT2D eigenvalue weighted by atomic mass is 10.2. The molecule has 2 aromatic rings. The maximum atomic E-state index is 12.4. The number of carbonyl (C=O) groups is 2. The summed E-state index contributed by atoms with van der Waals surface area (Å²) in [6, 6.07) is 6.58. The molecular weight excluding hydrogens is 246 g/mol. The first kappa shape index (κ1) is 11.7. The standard InChI is InChI=1S/C13H13N3O3/c17-12(16-7-3-6-10(16)13(18)19)11-8-4-1-2-5-9(8)14-15-11/h1-2,4-5,10H,3,6-7H2,(H,14,15)(H,18,19).